The lowest BCUT2D eigenvalue weighted by Gasteiger charge is -2.22. The third-order valence-electron chi connectivity index (χ3n) is 6.12. The van der Waals surface area contributed by atoms with E-state index in [0.29, 0.717) is 28.9 Å². The highest BCUT2D eigenvalue weighted by molar-refractivity contribution is 6.04. The molecule has 8 nitrogen and oxygen atoms in total. The molecular formula is C27H24FN3O5. The molecule has 0 aliphatic heterocycles. The summed E-state index contributed by atoms with van der Waals surface area (Å²) in [6.45, 7) is 1.71. The largest absolute Gasteiger partial charge is 0.497 e. The van der Waals surface area contributed by atoms with Crippen molar-refractivity contribution in [3.8, 4) is 17.0 Å². The number of hydrogen-bond acceptors (Lipinski definition) is 7. The highest BCUT2D eigenvalue weighted by Gasteiger charge is 2.33. The summed E-state index contributed by atoms with van der Waals surface area (Å²) in [6.07, 6.45) is 1.84. The van der Waals surface area contributed by atoms with Gasteiger partial charge in [0.1, 0.15) is 11.6 Å². The van der Waals surface area contributed by atoms with Gasteiger partial charge < -0.3 is 18.9 Å². The molecule has 0 bridgehead atoms. The van der Waals surface area contributed by atoms with E-state index in [1.165, 1.54) is 12.1 Å². The van der Waals surface area contributed by atoms with E-state index >= 15 is 0 Å². The molecule has 9 heteroatoms. The summed E-state index contributed by atoms with van der Waals surface area (Å²) in [5, 5.41) is 4.32. The molecule has 1 aliphatic carbocycles. The van der Waals surface area contributed by atoms with Crippen molar-refractivity contribution >= 4 is 23.0 Å². The van der Waals surface area contributed by atoms with Crippen LogP contribution in [0.5, 0.6) is 5.75 Å². The maximum Gasteiger partial charge on any atom is 0.339 e. The zero-order valence-electron chi connectivity index (χ0n) is 19.9. The molecule has 0 saturated heterocycles. The number of nitrogens with zero attached hydrogens (tertiary/aromatic N) is 3. The fraction of sp³-hybridized carbons (Fsp3) is 0.259. The summed E-state index contributed by atoms with van der Waals surface area (Å²) < 4.78 is 29.3. The van der Waals surface area contributed by atoms with E-state index in [2.05, 4.69) is 10.1 Å². The van der Waals surface area contributed by atoms with Crippen LogP contribution in [0.2, 0.25) is 0 Å². The molecule has 0 N–H and O–H groups in total. The Morgan fingerprint density at radius 3 is 2.50 bits per heavy atom. The molecule has 2 aromatic heterocycles. The van der Waals surface area contributed by atoms with Crippen molar-refractivity contribution < 1.29 is 28.0 Å². The summed E-state index contributed by atoms with van der Waals surface area (Å²) in [7, 11) is 1.60. The van der Waals surface area contributed by atoms with Crippen molar-refractivity contribution in [1.29, 1.82) is 0 Å². The standard InChI is InChI=1S/C27H24FN3O5/c1-16-25-22(13-23(29-26(25)36-30-16)18-5-7-19(28)8-6-18)27(33)35-15-24(32)31(20-9-10-20)14-17-3-11-21(34-2)12-4-17/h3-8,11-13,20H,9-10,14-15H2,1-2H3. The molecule has 36 heavy (non-hydrogen) atoms. The molecule has 1 amide bonds. The van der Waals surface area contributed by atoms with E-state index in [-0.39, 0.29) is 29.0 Å². The van der Waals surface area contributed by atoms with Gasteiger partial charge in [-0.05, 0) is 67.8 Å². The predicted molar refractivity (Wildman–Crippen MR) is 129 cm³/mol. The second-order valence-electron chi connectivity index (χ2n) is 8.69. The molecular weight excluding hydrogens is 465 g/mol. The van der Waals surface area contributed by atoms with Crippen LogP contribution in [0.3, 0.4) is 0 Å². The number of hydrogen-bond donors (Lipinski definition) is 0. The zero-order valence-corrected chi connectivity index (χ0v) is 19.9. The average molecular weight is 490 g/mol. The van der Waals surface area contributed by atoms with Gasteiger partial charge in [-0.15, -0.1) is 0 Å². The van der Waals surface area contributed by atoms with Crippen molar-refractivity contribution in [2.75, 3.05) is 13.7 Å². The van der Waals surface area contributed by atoms with Crippen LogP contribution in [0, 0.1) is 12.7 Å². The number of amides is 1. The lowest BCUT2D eigenvalue weighted by Crippen LogP contribution is -2.36. The lowest BCUT2D eigenvalue weighted by atomic mass is 10.1. The first kappa shape index (κ1) is 23.5. The number of pyridine rings is 1. The maximum atomic E-state index is 13.4. The van der Waals surface area contributed by atoms with Gasteiger partial charge in [-0.25, -0.2) is 14.2 Å². The first-order valence-corrected chi connectivity index (χ1v) is 11.6. The van der Waals surface area contributed by atoms with Gasteiger partial charge in [0.25, 0.3) is 11.6 Å². The Hall–Kier alpha value is -4.27. The molecule has 0 radical (unpaired) electrons. The van der Waals surface area contributed by atoms with E-state index in [9.17, 15) is 14.0 Å². The van der Waals surface area contributed by atoms with Crippen molar-refractivity contribution in [3.63, 3.8) is 0 Å². The van der Waals surface area contributed by atoms with Crippen LogP contribution >= 0.6 is 0 Å². The van der Waals surface area contributed by atoms with Crippen LogP contribution in [-0.2, 0) is 16.1 Å². The Bertz CT molecular complexity index is 1410. The first-order valence-electron chi connectivity index (χ1n) is 11.6. The molecule has 1 saturated carbocycles. The van der Waals surface area contributed by atoms with E-state index < -0.39 is 12.6 Å². The Morgan fingerprint density at radius 2 is 1.83 bits per heavy atom. The molecule has 2 aromatic carbocycles. The number of halogens is 1. The highest BCUT2D eigenvalue weighted by atomic mass is 19.1. The Balaban J connectivity index is 1.34. The number of esters is 1. The average Bonchev–Trinajstić information content (AvgIpc) is 3.67. The topological polar surface area (TPSA) is 94.8 Å². The van der Waals surface area contributed by atoms with E-state index in [0.717, 1.165) is 24.2 Å². The molecule has 0 spiro atoms. The molecule has 4 aromatic rings. The predicted octanol–water partition coefficient (Wildman–Crippen LogP) is 4.69. The minimum atomic E-state index is -0.689. The number of aromatic nitrogens is 2. The van der Waals surface area contributed by atoms with Gasteiger partial charge in [0, 0.05) is 18.2 Å². The van der Waals surface area contributed by atoms with Crippen LogP contribution in [-0.4, -0.2) is 46.7 Å². The minimum Gasteiger partial charge on any atom is -0.497 e. The van der Waals surface area contributed by atoms with E-state index in [4.69, 9.17) is 14.0 Å². The van der Waals surface area contributed by atoms with Crippen molar-refractivity contribution in [2.24, 2.45) is 0 Å². The van der Waals surface area contributed by atoms with Crippen molar-refractivity contribution in [3.05, 3.63) is 77.2 Å². The molecule has 1 fully saturated rings. The maximum absolute atomic E-state index is 13.4. The number of ether oxygens (including phenoxy) is 2. The monoisotopic (exact) mass is 489 g/mol. The summed E-state index contributed by atoms with van der Waals surface area (Å²) in [4.78, 5) is 32.3. The van der Waals surface area contributed by atoms with Gasteiger partial charge in [-0.3, -0.25) is 4.79 Å². The fourth-order valence-corrected chi connectivity index (χ4v) is 4.05. The second-order valence-corrected chi connectivity index (χ2v) is 8.69. The molecule has 184 valence electrons. The van der Waals surface area contributed by atoms with Gasteiger partial charge in [-0.2, -0.15) is 0 Å². The quantitative estimate of drug-likeness (QED) is 0.331. The zero-order chi connectivity index (χ0) is 25.2. The van der Waals surface area contributed by atoms with Crippen LogP contribution in [0.4, 0.5) is 4.39 Å². The van der Waals surface area contributed by atoms with Crippen LogP contribution < -0.4 is 4.74 Å². The Kier molecular flexibility index (Phi) is 6.37. The number of rotatable bonds is 8. The third-order valence-corrected chi connectivity index (χ3v) is 6.12. The summed E-state index contributed by atoms with van der Waals surface area (Å²) >= 11 is 0. The number of carbonyl (C=O) groups is 2. The molecule has 5 rings (SSSR count). The van der Waals surface area contributed by atoms with E-state index in [1.54, 1.807) is 37.1 Å². The van der Waals surface area contributed by atoms with E-state index in [1.807, 2.05) is 24.3 Å². The first-order chi connectivity index (χ1) is 17.4. The second kappa shape index (κ2) is 9.77. The Morgan fingerprint density at radius 1 is 1.11 bits per heavy atom. The van der Waals surface area contributed by atoms with Gasteiger partial charge in [0.05, 0.1) is 29.4 Å². The van der Waals surface area contributed by atoms with Crippen molar-refractivity contribution in [2.45, 2.75) is 32.4 Å². The fourth-order valence-electron chi connectivity index (χ4n) is 4.05. The summed E-state index contributed by atoms with van der Waals surface area (Å²) in [5.41, 5.74) is 2.77. The number of aryl methyl sites for hydroxylation is 1. The van der Waals surface area contributed by atoms with Crippen LogP contribution in [0.15, 0.2) is 59.1 Å². The van der Waals surface area contributed by atoms with Crippen LogP contribution in [0.1, 0.15) is 34.5 Å². The minimum absolute atomic E-state index is 0.135. The molecule has 0 atom stereocenters. The normalized spacial score (nSPS) is 13.0. The van der Waals surface area contributed by atoms with Gasteiger partial charge in [-0.1, -0.05) is 17.3 Å². The summed E-state index contributed by atoms with van der Waals surface area (Å²) in [6, 6.07) is 14.9. The summed E-state index contributed by atoms with van der Waals surface area (Å²) in [5.74, 6) is -0.605. The Labute approximate surface area is 206 Å². The van der Waals surface area contributed by atoms with Gasteiger partial charge in [0.15, 0.2) is 6.61 Å². The number of benzene rings is 2. The third kappa shape index (κ3) is 4.91. The number of carbonyl (C=O) groups excluding carboxylic acids is 2. The SMILES string of the molecule is COc1ccc(CN(C(=O)COC(=O)c2cc(-c3ccc(F)cc3)nc3onc(C)c23)C2CC2)cc1. The lowest BCUT2D eigenvalue weighted by molar-refractivity contribution is -0.135. The highest BCUT2D eigenvalue weighted by Crippen LogP contribution is 2.30. The van der Waals surface area contributed by atoms with Gasteiger partial charge >= 0.3 is 5.97 Å². The molecule has 1 aliphatic rings. The molecule has 0 unspecified atom stereocenters. The number of methoxy groups -OCH3 is 1. The number of fused-ring (bicyclic) bond motifs is 1. The van der Waals surface area contributed by atoms with Crippen molar-refractivity contribution in [1.82, 2.24) is 15.0 Å². The van der Waals surface area contributed by atoms with Gasteiger partial charge in [0.2, 0.25) is 0 Å². The van der Waals surface area contributed by atoms with Crippen LogP contribution in [0.25, 0.3) is 22.4 Å². The molecule has 2 heterocycles. The smallest absolute Gasteiger partial charge is 0.339 e.